The molecule has 0 heterocycles. The van der Waals surface area contributed by atoms with E-state index in [1.807, 2.05) is 0 Å². The van der Waals surface area contributed by atoms with E-state index >= 15 is 0 Å². The molecule has 1 saturated carbocycles. The molecule has 3 heteroatoms. The van der Waals surface area contributed by atoms with Gasteiger partial charge in [-0.25, -0.2) is 0 Å². The largest absolute Gasteiger partial charge is 0.351 e. The Morgan fingerprint density at radius 3 is 2.53 bits per heavy atom. The number of carbonyl (C=O) groups is 2. The highest BCUT2D eigenvalue weighted by atomic mass is 16.2. The number of carbonyl (C=O) groups excluding carboxylic acids is 2. The number of hydrogen-bond donors (Lipinski definition) is 1. The van der Waals surface area contributed by atoms with Crippen molar-refractivity contribution in [1.29, 1.82) is 0 Å². The van der Waals surface area contributed by atoms with E-state index in [0.29, 0.717) is 18.6 Å². The van der Waals surface area contributed by atoms with Gasteiger partial charge < -0.3 is 5.32 Å². The van der Waals surface area contributed by atoms with Crippen LogP contribution in [0.25, 0.3) is 0 Å². The number of rotatable bonds is 4. The molecule has 0 bridgehead atoms. The number of Topliss-reactive ketones (excluding diaryl/α,β-unsaturated/α-hetero) is 1. The molecule has 0 aliphatic heterocycles. The van der Waals surface area contributed by atoms with Crippen LogP contribution in [0.3, 0.4) is 0 Å². The average Bonchev–Trinajstić information content (AvgIpc) is 2.54. The molecule has 1 aliphatic carbocycles. The topological polar surface area (TPSA) is 46.2 Å². The van der Waals surface area contributed by atoms with Gasteiger partial charge in [0.1, 0.15) is 5.78 Å². The Balaban J connectivity index is 2.54. The zero-order valence-corrected chi connectivity index (χ0v) is 11.3. The van der Waals surface area contributed by atoms with E-state index in [2.05, 4.69) is 26.1 Å². The maximum atomic E-state index is 12.2. The summed E-state index contributed by atoms with van der Waals surface area (Å²) in [5.41, 5.74) is -0.0899. The summed E-state index contributed by atoms with van der Waals surface area (Å²) in [6, 6.07) is 0. The molecular weight excluding hydrogens is 214 g/mol. The van der Waals surface area contributed by atoms with Crippen molar-refractivity contribution in [2.45, 2.75) is 71.3 Å². The van der Waals surface area contributed by atoms with Crippen LogP contribution in [0.1, 0.15) is 65.7 Å². The summed E-state index contributed by atoms with van der Waals surface area (Å²) in [5, 5.41) is 3.15. The monoisotopic (exact) mass is 239 g/mol. The Labute approximate surface area is 104 Å². The summed E-state index contributed by atoms with van der Waals surface area (Å²) >= 11 is 0. The van der Waals surface area contributed by atoms with Crippen LogP contribution in [-0.4, -0.2) is 17.2 Å². The lowest BCUT2D eigenvalue weighted by molar-refractivity contribution is -0.127. The summed E-state index contributed by atoms with van der Waals surface area (Å²) in [4.78, 5) is 23.5. The predicted molar refractivity (Wildman–Crippen MR) is 68.7 cm³/mol. The van der Waals surface area contributed by atoms with Crippen LogP contribution < -0.4 is 5.32 Å². The summed E-state index contributed by atoms with van der Waals surface area (Å²) in [6.07, 6.45) is 5.58. The van der Waals surface area contributed by atoms with Crippen LogP contribution in [0.5, 0.6) is 0 Å². The first kappa shape index (κ1) is 14.2. The number of ketones is 1. The lowest BCUT2D eigenvalue weighted by Gasteiger charge is -2.30. The molecular formula is C14H25NO2. The smallest absolute Gasteiger partial charge is 0.223 e. The standard InChI is InChI=1S/C14H25NO2/c1-4-14(3,5-2)15-13(17)11-7-6-8-12(16)10-9-11/h11H,4-10H2,1-3H3,(H,15,17). The normalized spacial score (nSPS) is 22.1. The van der Waals surface area contributed by atoms with Crippen molar-refractivity contribution in [2.75, 3.05) is 0 Å². The maximum Gasteiger partial charge on any atom is 0.223 e. The summed E-state index contributed by atoms with van der Waals surface area (Å²) < 4.78 is 0. The van der Waals surface area contributed by atoms with Crippen molar-refractivity contribution >= 4 is 11.7 Å². The van der Waals surface area contributed by atoms with Gasteiger partial charge in [-0.1, -0.05) is 13.8 Å². The highest BCUT2D eigenvalue weighted by Gasteiger charge is 2.28. The molecule has 0 aromatic rings. The molecule has 0 radical (unpaired) electrons. The first-order valence-electron chi connectivity index (χ1n) is 6.84. The highest BCUT2D eigenvalue weighted by Crippen LogP contribution is 2.23. The Hall–Kier alpha value is -0.860. The van der Waals surface area contributed by atoms with Gasteiger partial charge in [0.05, 0.1) is 0 Å². The second-order valence-corrected chi connectivity index (χ2v) is 5.42. The molecule has 98 valence electrons. The van der Waals surface area contributed by atoms with Crippen LogP contribution in [0.15, 0.2) is 0 Å². The lowest BCUT2D eigenvalue weighted by Crippen LogP contribution is -2.47. The van der Waals surface area contributed by atoms with Gasteiger partial charge in [0.15, 0.2) is 0 Å². The first-order chi connectivity index (χ1) is 8.00. The molecule has 0 spiro atoms. The number of hydrogen-bond acceptors (Lipinski definition) is 2. The second kappa shape index (κ2) is 6.18. The van der Waals surface area contributed by atoms with Crippen LogP contribution in [0.4, 0.5) is 0 Å². The first-order valence-corrected chi connectivity index (χ1v) is 6.84. The third-order valence-electron chi connectivity index (χ3n) is 4.14. The quantitative estimate of drug-likeness (QED) is 0.767. The molecule has 1 atom stereocenters. The van der Waals surface area contributed by atoms with Gasteiger partial charge in [0.25, 0.3) is 0 Å². The van der Waals surface area contributed by atoms with Crippen LogP contribution in [-0.2, 0) is 9.59 Å². The minimum atomic E-state index is -0.0899. The molecule has 1 fully saturated rings. The minimum absolute atomic E-state index is 0.0406. The molecule has 0 aromatic carbocycles. The van der Waals surface area contributed by atoms with Crippen molar-refractivity contribution in [3.8, 4) is 0 Å². The Morgan fingerprint density at radius 2 is 1.94 bits per heavy atom. The Bertz CT molecular complexity index is 282. The van der Waals surface area contributed by atoms with Gasteiger partial charge in [-0.05, 0) is 39.0 Å². The van der Waals surface area contributed by atoms with Gasteiger partial charge in [0.2, 0.25) is 5.91 Å². The van der Waals surface area contributed by atoms with E-state index in [1.165, 1.54) is 0 Å². The van der Waals surface area contributed by atoms with E-state index in [4.69, 9.17) is 0 Å². The zero-order chi connectivity index (χ0) is 12.9. The number of nitrogens with one attached hydrogen (secondary N) is 1. The van der Waals surface area contributed by atoms with Crippen molar-refractivity contribution in [1.82, 2.24) is 5.32 Å². The van der Waals surface area contributed by atoms with Gasteiger partial charge in [-0.2, -0.15) is 0 Å². The van der Waals surface area contributed by atoms with E-state index in [-0.39, 0.29) is 17.4 Å². The van der Waals surface area contributed by atoms with E-state index in [0.717, 1.165) is 32.1 Å². The molecule has 1 rings (SSSR count). The molecule has 1 N–H and O–H groups in total. The zero-order valence-electron chi connectivity index (χ0n) is 11.3. The second-order valence-electron chi connectivity index (χ2n) is 5.42. The molecule has 0 saturated heterocycles. The fourth-order valence-electron chi connectivity index (χ4n) is 2.24. The molecule has 3 nitrogen and oxygen atoms in total. The van der Waals surface area contributed by atoms with E-state index in [9.17, 15) is 9.59 Å². The Morgan fingerprint density at radius 1 is 1.29 bits per heavy atom. The van der Waals surface area contributed by atoms with Gasteiger partial charge in [-0.3, -0.25) is 9.59 Å². The third kappa shape index (κ3) is 4.14. The van der Waals surface area contributed by atoms with Gasteiger partial charge in [0, 0.05) is 24.3 Å². The van der Waals surface area contributed by atoms with E-state index < -0.39 is 0 Å². The third-order valence-corrected chi connectivity index (χ3v) is 4.14. The van der Waals surface area contributed by atoms with E-state index in [1.54, 1.807) is 0 Å². The summed E-state index contributed by atoms with van der Waals surface area (Å²) in [6.45, 7) is 6.29. The van der Waals surface area contributed by atoms with Crippen LogP contribution in [0, 0.1) is 5.92 Å². The fraction of sp³-hybridized carbons (Fsp3) is 0.857. The average molecular weight is 239 g/mol. The van der Waals surface area contributed by atoms with Gasteiger partial charge >= 0.3 is 0 Å². The Kier molecular flexibility index (Phi) is 5.16. The predicted octanol–water partition coefficient (Wildman–Crippen LogP) is 2.83. The van der Waals surface area contributed by atoms with Crippen LogP contribution in [0.2, 0.25) is 0 Å². The molecule has 1 amide bonds. The highest BCUT2D eigenvalue weighted by molar-refractivity contribution is 5.83. The SMILES string of the molecule is CCC(C)(CC)NC(=O)C1CCCC(=O)CC1. The summed E-state index contributed by atoms with van der Waals surface area (Å²) in [7, 11) is 0. The molecule has 17 heavy (non-hydrogen) atoms. The summed E-state index contributed by atoms with van der Waals surface area (Å²) in [5.74, 6) is 0.499. The van der Waals surface area contributed by atoms with Crippen molar-refractivity contribution < 1.29 is 9.59 Å². The van der Waals surface area contributed by atoms with Crippen molar-refractivity contribution in [3.05, 3.63) is 0 Å². The van der Waals surface area contributed by atoms with Crippen molar-refractivity contribution in [2.24, 2.45) is 5.92 Å². The minimum Gasteiger partial charge on any atom is -0.351 e. The van der Waals surface area contributed by atoms with Crippen LogP contribution >= 0.6 is 0 Å². The fourth-order valence-corrected chi connectivity index (χ4v) is 2.24. The molecule has 1 unspecified atom stereocenters. The lowest BCUT2D eigenvalue weighted by atomic mass is 9.92. The van der Waals surface area contributed by atoms with Gasteiger partial charge in [-0.15, -0.1) is 0 Å². The maximum absolute atomic E-state index is 12.2. The molecule has 0 aromatic heterocycles. The van der Waals surface area contributed by atoms with Crippen molar-refractivity contribution in [3.63, 3.8) is 0 Å². The molecule has 1 aliphatic rings. The number of amides is 1.